The molecule has 0 spiro atoms. The highest BCUT2D eigenvalue weighted by Gasteiger charge is 2.58. The molecule has 5 rings (SSSR count). The van der Waals surface area contributed by atoms with Gasteiger partial charge in [0.05, 0.1) is 17.6 Å². The zero-order valence-electron chi connectivity index (χ0n) is 12.5. The SMILES string of the molecule is CO[C@H]1C=C[C@@]23c4cc5c(cc4CN(C[C@@H]2O)C3C1)OCO5. The Kier molecular flexibility index (Phi) is 2.50. The van der Waals surface area contributed by atoms with Crippen molar-refractivity contribution in [3.8, 4) is 11.5 Å². The third-order valence-electron chi connectivity index (χ3n) is 5.73. The Balaban J connectivity index is 1.72. The maximum absolute atomic E-state index is 10.8. The van der Waals surface area contributed by atoms with Crippen LogP contribution in [-0.2, 0) is 16.7 Å². The molecule has 5 nitrogen and oxygen atoms in total. The van der Waals surface area contributed by atoms with E-state index in [1.54, 1.807) is 7.11 Å². The van der Waals surface area contributed by atoms with Gasteiger partial charge in [0.2, 0.25) is 6.79 Å². The van der Waals surface area contributed by atoms with Crippen LogP contribution in [0, 0.1) is 0 Å². The number of aliphatic hydroxyl groups excluding tert-OH is 1. The van der Waals surface area contributed by atoms with Crippen molar-refractivity contribution >= 4 is 0 Å². The fourth-order valence-corrected chi connectivity index (χ4v) is 4.69. The Bertz CT molecular complexity index is 673. The summed E-state index contributed by atoms with van der Waals surface area (Å²) >= 11 is 0. The highest BCUT2D eigenvalue weighted by molar-refractivity contribution is 5.56. The zero-order chi connectivity index (χ0) is 14.9. The number of hydrogen-bond donors (Lipinski definition) is 1. The van der Waals surface area contributed by atoms with E-state index in [9.17, 15) is 5.11 Å². The number of benzene rings is 1. The van der Waals surface area contributed by atoms with Crippen LogP contribution in [0.1, 0.15) is 17.5 Å². The van der Waals surface area contributed by atoms with Crippen molar-refractivity contribution in [2.45, 2.75) is 36.6 Å². The van der Waals surface area contributed by atoms with Crippen LogP contribution < -0.4 is 9.47 Å². The maximum Gasteiger partial charge on any atom is 0.231 e. The van der Waals surface area contributed by atoms with Crippen LogP contribution >= 0.6 is 0 Å². The molecule has 1 N–H and O–H groups in total. The summed E-state index contributed by atoms with van der Waals surface area (Å²) in [5.41, 5.74) is 2.08. The average Bonchev–Trinajstić information content (AvgIpc) is 3.06. The lowest BCUT2D eigenvalue weighted by atomic mass is 9.65. The molecule has 1 fully saturated rings. The molecule has 5 atom stereocenters. The van der Waals surface area contributed by atoms with Crippen LogP contribution in [0.4, 0.5) is 0 Å². The molecular formula is C17H19NO4. The van der Waals surface area contributed by atoms with Crippen molar-refractivity contribution in [3.63, 3.8) is 0 Å². The number of nitrogens with zero attached hydrogens (tertiary/aromatic N) is 1. The topological polar surface area (TPSA) is 51.2 Å². The molecule has 2 bridgehead atoms. The second kappa shape index (κ2) is 4.25. The van der Waals surface area contributed by atoms with E-state index < -0.39 is 6.10 Å². The van der Waals surface area contributed by atoms with E-state index in [-0.39, 0.29) is 24.4 Å². The minimum absolute atomic E-state index is 0.126. The molecule has 0 aromatic heterocycles. The van der Waals surface area contributed by atoms with Gasteiger partial charge in [0, 0.05) is 26.2 Å². The molecule has 4 aliphatic rings. The van der Waals surface area contributed by atoms with E-state index in [2.05, 4.69) is 29.2 Å². The lowest BCUT2D eigenvalue weighted by Crippen LogP contribution is -2.52. The number of rotatable bonds is 1. The van der Waals surface area contributed by atoms with E-state index in [0.29, 0.717) is 6.54 Å². The van der Waals surface area contributed by atoms with Gasteiger partial charge < -0.3 is 19.3 Å². The van der Waals surface area contributed by atoms with Crippen molar-refractivity contribution in [1.82, 2.24) is 4.90 Å². The molecule has 1 aromatic carbocycles. The zero-order valence-corrected chi connectivity index (χ0v) is 12.5. The van der Waals surface area contributed by atoms with Crippen LogP contribution in [0.3, 0.4) is 0 Å². The van der Waals surface area contributed by atoms with Gasteiger partial charge in [-0.25, -0.2) is 0 Å². The van der Waals surface area contributed by atoms with Crippen molar-refractivity contribution < 1.29 is 19.3 Å². The molecule has 1 aliphatic carbocycles. The summed E-state index contributed by atoms with van der Waals surface area (Å²) in [5.74, 6) is 1.61. The largest absolute Gasteiger partial charge is 0.454 e. The first kappa shape index (κ1) is 12.9. The fourth-order valence-electron chi connectivity index (χ4n) is 4.69. The predicted octanol–water partition coefficient (Wildman–Crippen LogP) is 1.19. The van der Waals surface area contributed by atoms with Gasteiger partial charge in [0.25, 0.3) is 0 Å². The Morgan fingerprint density at radius 3 is 2.95 bits per heavy atom. The minimum atomic E-state index is -0.395. The first-order valence-corrected chi connectivity index (χ1v) is 7.79. The lowest BCUT2D eigenvalue weighted by Gasteiger charge is -2.46. The molecule has 22 heavy (non-hydrogen) atoms. The molecule has 116 valence electrons. The Morgan fingerprint density at radius 2 is 2.14 bits per heavy atom. The van der Waals surface area contributed by atoms with Crippen LogP contribution in [0.25, 0.3) is 0 Å². The fraction of sp³-hybridized carbons (Fsp3) is 0.529. The molecule has 0 amide bonds. The highest BCUT2D eigenvalue weighted by atomic mass is 16.7. The normalized spacial score (nSPS) is 40.5. The van der Waals surface area contributed by atoms with Gasteiger partial charge in [0.15, 0.2) is 11.5 Å². The van der Waals surface area contributed by atoms with Gasteiger partial charge in [0.1, 0.15) is 0 Å². The molecule has 5 heteroatoms. The minimum Gasteiger partial charge on any atom is -0.454 e. The number of hydrogen-bond acceptors (Lipinski definition) is 5. The second-order valence-corrected chi connectivity index (χ2v) is 6.63. The monoisotopic (exact) mass is 301 g/mol. The van der Waals surface area contributed by atoms with Crippen molar-refractivity contribution in [1.29, 1.82) is 0 Å². The summed E-state index contributed by atoms with van der Waals surface area (Å²) < 4.78 is 16.6. The van der Waals surface area contributed by atoms with E-state index in [0.717, 1.165) is 24.5 Å². The van der Waals surface area contributed by atoms with Gasteiger partial charge in [-0.3, -0.25) is 4.90 Å². The number of methoxy groups -OCH3 is 1. The Morgan fingerprint density at radius 1 is 1.32 bits per heavy atom. The van der Waals surface area contributed by atoms with Crippen LogP contribution in [0.15, 0.2) is 24.3 Å². The average molecular weight is 301 g/mol. The van der Waals surface area contributed by atoms with Crippen LogP contribution in [-0.4, -0.2) is 48.7 Å². The standard InChI is InChI=1S/C17H19NO4/c1-20-11-2-3-17-12-6-14-13(21-9-22-14)4-10(12)7-18(8-16(17)19)15(17)5-11/h2-4,6,11,15-16,19H,5,7-9H2,1H3/t11-,15?,16-,17-/m0/s1. The quantitative estimate of drug-likeness (QED) is 0.790. The molecule has 1 saturated heterocycles. The van der Waals surface area contributed by atoms with Gasteiger partial charge in [-0.15, -0.1) is 0 Å². The van der Waals surface area contributed by atoms with E-state index in [1.165, 1.54) is 11.1 Å². The summed E-state index contributed by atoms with van der Waals surface area (Å²) in [5, 5.41) is 10.8. The van der Waals surface area contributed by atoms with Crippen LogP contribution in [0.5, 0.6) is 11.5 Å². The van der Waals surface area contributed by atoms with Crippen molar-refractivity contribution in [3.05, 3.63) is 35.4 Å². The first-order chi connectivity index (χ1) is 10.7. The lowest BCUT2D eigenvalue weighted by molar-refractivity contribution is 0.0660. The molecule has 0 radical (unpaired) electrons. The number of ether oxygens (including phenoxy) is 3. The van der Waals surface area contributed by atoms with Gasteiger partial charge in [-0.05, 0) is 29.7 Å². The molecule has 3 heterocycles. The smallest absolute Gasteiger partial charge is 0.231 e. The predicted molar refractivity (Wildman–Crippen MR) is 79.0 cm³/mol. The summed E-state index contributed by atoms with van der Waals surface area (Å²) in [6.45, 7) is 1.83. The molecule has 0 saturated carbocycles. The first-order valence-electron chi connectivity index (χ1n) is 7.79. The van der Waals surface area contributed by atoms with Crippen LogP contribution in [0.2, 0.25) is 0 Å². The van der Waals surface area contributed by atoms with E-state index >= 15 is 0 Å². The number of aliphatic hydroxyl groups is 1. The van der Waals surface area contributed by atoms with Gasteiger partial charge in [-0.2, -0.15) is 0 Å². The highest BCUT2D eigenvalue weighted by Crippen LogP contribution is 2.53. The van der Waals surface area contributed by atoms with Gasteiger partial charge >= 0.3 is 0 Å². The maximum atomic E-state index is 10.8. The molecule has 2 unspecified atom stereocenters. The Hall–Kier alpha value is -1.56. The second-order valence-electron chi connectivity index (χ2n) is 6.63. The molecular weight excluding hydrogens is 282 g/mol. The summed E-state index contributed by atoms with van der Waals surface area (Å²) in [7, 11) is 1.75. The molecule has 1 aromatic rings. The summed E-state index contributed by atoms with van der Waals surface area (Å²) in [4.78, 5) is 2.38. The summed E-state index contributed by atoms with van der Waals surface area (Å²) in [6.07, 6.45) is 4.91. The number of fused-ring (bicyclic) bond motifs is 2. The van der Waals surface area contributed by atoms with Crippen molar-refractivity contribution in [2.24, 2.45) is 0 Å². The van der Waals surface area contributed by atoms with Gasteiger partial charge in [-0.1, -0.05) is 12.2 Å². The molecule has 3 aliphatic heterocycles. The third-order valence-corrected chi connectivity index (χ3v) is 5.73. The Labute approximate surface area is 129 Å². The van der Waals surface area contributed by atoms with Crippen molar-refractivity contribution in [2.75, 3.05) is 20.4 Å². The third kappa shape index (κ3) is 1.44. The van der Waals surface area contributed by atoms with E-state index in [1.807, 2.05) is 0 Å². The summed E-state index contributed by atoms with van der Waals surface area (Å²) in [6, 6.07) is 4.44. The van der Waals surface area contributed by atoms with E-state index in [4.69, 9.17) is 14.2 Å².